The fraction of sp³-hybridized carbons (Fsp3) is 0.250. The van der Waals surface area contributed by atoms with E-state index in [4.69, 9.17) is 37.8 Å². The Morgan fingerprint density at radius 2 is 1.73 bits per heavy atom. The van der Waals surface area contributed by atoms with Gasteiger partial charge >= 0.3 is 6.09 Å². The number of methoxy groups -OCH3 is 1. The van der Waals surface area contributed by atoms with Crippen molar-refractivity contribution >= 4 is 40.9 Å². The molecule has 3 aromatic carbocycles. The van der Waals surface area contributed by atoms with E-state index in [1.807, 2.05) is 74.5 Å². The third-order valence-corrected chi connectivity index (χ3v) is 7.61. The molecule has 0 fully saturated rings. The van der Waals surface area contributed by atoms with Crippen LogP contribution in [-0.2, 0) is 12.0 Å². The summed E-state index contributed by atoms with van der Waals surface area (Å²) in [6.07, 6.45) is 5.04. The average molecular weight is 577 g/mol. The first-order valence-corrected chi connectivity index (χ1v) is 14.0. The van der Waals surface area contributed by atoms with Crippen molar-refractivity contribution in [3.8, 4) is 17.3 Å². The minimum Gasteiger partial charge on any atom is -0.497 e. The van der Waals surface area contributed by atoms with Crippen molar-refractivity contribution < 1.29 is 14.3 Å². The maximum absolute atomic E-state index is 13.2. The van der Waals surface area contributed by atoms with Crippen molar-refractivity contribution in [3.05, 3.63) is 105 Å². The number of amides is 1. The van der Waals surface area contributed by atoms with Crippen LogP contribution in [-0.4, -0.2) is 23.0 Å². The number of nitrogens with one attached hydrogen (secondary N) is 1. The lowest BCUT2D eigenvalue weighted by Gasteiger charge is -2.26. The smallest absolute Gasteiger partial charge is 0.414 e. The molecular weight excluding hydrogens is 545 g/mol. The lowest BCUT2D eigenvalue weighted by molar-refractivity contribution is 0.186. The van der Waals surface area contributed by atoms with Crippen molar-refractivity contribution in [2.45, 2.75) is 45.1 Å². The Kier molecular flexibility index (Phi) is 8.19. The maximum atomic E-state index is 13.2. The molecule has 0 radical (unpaired) electrons. The van der Waals surface area contributed by atoms with Crippen LogP contribution in [0.3, 0.4) is 0 Å². The number of hydrogen-bond donors (Lipinski definition) is 1. The van der Waals surface area contributed by atoms with Crippen LogP contribution in [0.2, 0.25) is 10.0 Å². The molecule has 206 valence electrons. The minimum absolute atomic E-state index is 0.268. The number of benzene rings is 3. The second-order valence-corrected chi connectivity index (χ2v) is 11.1. The molecule has 0 bridgehead atoms. The number of allylic oxidation sites excluding steroid dienone is 1. The van der Waals surface area contributed by atoms with E-state index >= 15 is 0 Å². The highest BCUT2D eigenvalue weighted by Crippen LogP contribution is 2.39. The molecule has 0 aliphatic heterocycles. The van der Waals surface area contributed by atoms with Crippen molar-refractivity contribution in [1.82, 2.24) is 15.1 Å². The molecule has 1 aliphatic rings. The van der Waals surface area contributed by atoms with E-state index in [1.165, 1.54) is 0 Å². The zero-order chi connectivity index (χ0) is 28.3. The summed E-state index contributed by atoms with van der Waals surface area (Å²) in [5, 5.41) is 8.77. The second-order valence-electron chi connectivity index (χ2n) is 10.3. The Balaban J connectivity index is 1.57. The number of carbonyl (C=O) groups is 1. The topological polar surface area (TPSA) is 65.4 Å². The maximum Gasteiger partial charge on any atom is 0.414 e. The Bertz CT molecular complexity index is 1540. The fourth-order valence-corrected chi connectivity index (χ4v) is 5.46. The Morgan fingerprint density at radius 3 is 2.42 bits per heavy atom. The molecule has 1 N–H and O–H groups in total. The molecule has 0 saturated heterocycles. The first-order valence-electron chi connectivity index (χ1n) is 13.2. The van der Waals surface area contributed by atoms with Gasteiger partial charge in [0.05, 0.1) is 29.1 Å². The number of halogens is 2. The molecule has 4 aromatic rings. The van der Waals surface area contributed by atoms with E-state index in [9.17, 15) is 4.79 Å². The Hall–Kier alpha value is -3.74. The van der Waals surface area contributed by atoms with Gasteiger partial charge in [0.15, 0.2) is 0 Å². The van der Waals surface area contributed by atoms with E-state index in [0.717, 1.165) is 53.0 Å². The number of nitrogens with zero attached hydrogens (tertiary/aromatic N) is 2. The molecule has 5 rings (SSSR count). The molecule has 0 saturated carbocycles. The number of fused-ring (bicyclic) bond motifs is 1. The van der Waals surface area contributed by atoms with Gasteiger partial charge in [0.25, 0.3) is 0 Å². The van der Waals surface area contributed by atoms with Gasteiger partial charge in [-0.2, -0.15) is 0 Å². The van der Waals surface area contributed by atoms with E-state index in [2.05, 4.69) is 11.4 Å². The van der Waals surface area contributed by atoms with Gasteiger partial charge in [0.1, 0.15) is 5.75 Å². The highest BCUT2D eigenvalue weighted by atomic mass is 35.5. The summed E-state index contributed by atoms with van der Waals surface area (Å²) in [5.41, 5.74) is 4.84. The third kappa shape index (κ3) is 6.03. The van der Waals surface area contributed by atoms with Crippen LogP contribution in [0.1, 0.15) is 55.5 Å². The summed E-state index contributed by atoms with van der Waals surface area (Å²) in [6, 6.07) is 23.0. The molecular formula is C32H31Cl2N3O3. The lowest BCUT2D eigenvalue weighted by Crippen LogP contribution is -2.42. The third-order valence-electron chi connectivity index (χ3n) is 7.07. The van der Waals surface area contributed by atoms with Crippen molar-refractivity contribution in [1.29, 1.82) is 0 Å². The fourth-order valence-electron chi connectivity index (χ4n) is 4.97. The summed E-state index contributed by atoms with van der Waals surface area (Å²) in [4.78, 5) is 13.2. The van der Waals surface area contributed by atoms with Gasteiger partial charge in [-0.15, -0.1) is 5.10 Å². The summed E-state index contributed by atoms with van der Waals surface area (Å²) >= 11 is 12.9. The first kappa shape index (κ1) is 27.8. The van der Waals surface area contributed by atoms with E-state index in [-0.39, 0.29) is 5.88 Å². The van der Waals surface area contributed by atoms with Gasteiger partial charge in [0.2, 0.25) is 5.88 Å². The van der Waals surface area contributed by atoms with Crippen LogP contribution < -0.4 is 14.8 Å². The molecule has 1 heterocycles. The number of aromatic nitrogens is 2. The summed E-state index contributed by atoms with van der Waals surface area (Å²) < 4.78 is 13.0. The molecule has 1 amide bonds. The van der Waals surface area contributed by atoms with Gasteiger partial charge in [-0.1, -0.05) is 65.7 Å². The van der Waals surface area contributed by atoms with Crippen molar-refractivity contribution in [2.75, 3.05) is 7.11 Å². The number of carbonyl (C=O) groups excluding carboxylic acids is 1. The summed E-state index contributed by atoms with van der Waals surface area (Å²) in [5.74, 6) is 1.06. The SMILES string of the molecule is COc1ccc(/C=C2\CCCCc3c(OC(=O)NC(C)(C)c4ccccc4)nn(-c4ccc(Cl)cc4Cl)c32)cc1. The molecule has 1 aromatic heterocycles. The highest BCUT2D eigenvalue weighted by molar-refractivity contribution is 6.35. The molecule has 8 heteroatoms. The molecule has 0 spiro atoms. The molecule has 0 atom stereocenters. The van der Waals surface area contributed by atoms with Crippen LogP contribution in [0.5, 0.6) is 11.6 Å². The Morgan fingerprint density at radius 1 is 1.00 bits per heavy atom. The van der Waals surface area contributed by atoms with Gasteiger partial charge in [-0.3, -0.25) is 0 Å². The van der Waals surface area contributed by atoms with Crippen molar-refractivity contribution in [2.24, 2.45) is 0 Å². The van der Waals surface area contributed by atoms with Gasteiger partial charge < -0.3 is 14.8 Å². The largest absolute Gasteiger partial charge is 0.497 e. The Labute approximate surface area is 244 Å². The minimum atomic E-state index is -0.642. The van der Waals surface area contributed by atoms with E-state index in [0.29, 0.717) is 22.2 Å². The van der Waals surface area contributed by atoms with Crippen LogP contribution in [0.4, 0.5) is 4.79 Å². The zero-order valence-electron chi connectivity index (χ0n) is 22.7. The number of rotatable bonds is 6. The predicted molar refractivity (Wildman–Crippen MR) is 161 cm³/mol. The quantitative estimate of drug-likeness (QED) is 0.234. The van der Waals surface area contributed by atoms with Crippen LogP contribution in [0.25, 0.3) is 17.3 Å². The monoisotopic (exact) mass is 575 g/mol. The van der Waals surface area contributed by atoms with Gasteiger partial charge in [-0.05, 0) is 92.6 Å². The molecule has 6 nitrogen and oxygen atoms in total. The van der Waals surface area contributed by atoms with Crippen LogP contribution in [0.15, 0.2) is 72.8 Å². The van der Waals surface area contributed by atoms with Crippen LogP contribution in [0, 0.1) is 0 Å². The standard InChI is InChI=1S/C32H31Cl2N3O3/c1-32(2,23-10-5-4-6-11-23)35-31(38)40-30-26-12-8-7-9-22(19-21-13-16-25(39-3)17-14-21)29(26)37(36-30)28-18-15-24(33)20-27(28)34/h4-6,10-11,13-20H,7-9,12H2,1-3H3,(H,35,38)/b22-19+. The van der Waals surface area contributed by atoms with Gasteiger partial charge in [0, 0.05) is 10.6 Å². The highest BCUT2D eigenvalue weighted by Gasteiger charge is 2.29. The molecule has 0 unspecified atom stereocenters. The second kappa shape index (κ2) is 11.8. The zero-order valence-corrected chi connectivity index (χ0v) is 24.2. The summed E-state index contributed by atoms with van der Waals surface area (Å²) in [7, 11) is 1.65. The van der Waals surface area contributed by atoms with E-state index in [1.54, 1.807) is 23.9 Å². The predicted octanol–water partition coefficient (Wildman–Crippen LogP) is 8.48. The van der Waals surface area contributed by atoms with E-state index < -0.39 is 11.6 Å². The molecule has 40 heavy (non-hydrogen) atoms. The van der Waals surface area contributed by atoms with Crippen molar-refractivity contribution in [3.63, 3.8) is 0 Å². The van der Waals surface area contributed by atoms with Crippen LogP contribution >= 0.6 is 23.2 Å². The number of hydrogen-bond acceptors (Lipinski definition) is 4. The number of ether oxygens (including phenoxy) is 2. The lowest BCUT2D eigenvalue weighted by atomic mass is 9.95. The first-order chi connectivity index (χ1) is 19.2. The summed E-state index contributed by atoms with van der Waals surface area (Å²) in [6.45, 7) is 3.87. The average Bonchev–Trinajstić information content (AvgIpc) is 3.14. The molecule has 1 aliphatic carbocycles. The normalized spacial score (nSPS) is 14.4. The van der Waals surface area contributed by atoms with Gasteiger partial charge in [-0.25, -0.2) is 9.48 Å².